The number of carbonyl (C=O) groups excluding carboxylic acids is 12. The van der Waals surface area contributed by atoms with Crippen LogP contribution in [0.3, 0.4) is 0 Å². The van der Waals surface area contributed by atoms with Crippen LogP contribution in [0.1, 0.15) is 244 Å². The second-order valence-electron chi connectivity index (χ2n) is 31.2. The molecule has 0 aliphatic heterocycles. The van der Waals surface area contributed by atoms with E-state index in [-0.39, 0.29) is 232 Å². The summed E-state index contributed by atoms with van der Waals surface area (Å²) in [6.07, 6.45) is 9.21. The van der Waals surface area contributed by atoms with E-state index >= 15 is 0 Å². The van der Waals surface area contributed by atoms with E-state index in [9.17, 15) is 80.6 Å². The fourth-order valence-corrected chi connectivity index (χ4v) is 12.4. The topological polar surface area (TPSA) is 901 Å². The van der Waals surface area contributed by atoms with Crippen LogP contribution in [0.15, 0.2) is 34.9 Å². The fourth-order valence-electron chi connectivity index (χ4n) is 12.4. The zero-order valence-corrected chi connectivity index (χ0v) is 76.6. The van der Waals surface area contributed by atoms with Crippen molar-refractivity contribution < 1.29 is 90.5 Å². The summed E-state index contributed by atoms with van der Waals surface area (Å²) in [7, 11) is 0. The molecule has 7 atom stereocenters. The van der Waals surface area contributed by atoms with E-state index in [0.29, 0.717) is 180 Å². The van der Waals surface area contributed by atoms with Gasteiger partial charge in [-0.15, -0.1) is 0 Å². The minimum absolute atomic E-state index is 0.0301. The van der Waals surface area contributed by atoms with Gasteiger partial charge in [-0.25, -0.2) is 9.59 Å². The molecule has 44 N–H and O–H groups in total. The van der Waals surface area contributed by atoms with Gasteiger partial charge in [-0.05, 0) is 167 Å². The van der Waals surface area contributed by atoms with Crippen LogP contribution in [0.4, 0.5) is 13.2 Å². The first-order valence-corrected chi connectivity index (χ1v) is 45.1. The lowest BCUT2D eigenvalue weighted by Gasteiger charge is -2.19. The van der Waals surface area contributed by atoms with Gasteiger partial charge in [0.05, 0.1) is 6.04 Å². The van der Waals surface area contributed by atoms with Crippen molar-refractivity contribution in [3.05, 3.63) is 0 Å². The van der Waals surface area contributed by atoms with Crippen molar-refractivity contribution in [1.29, 1.82) is 0 Å². The predicted octanol–water partition coefficient (Wildman–Crippen LogP) is -5.62. The molecule has 0 fully saturated rings. The molecule has 133 heavy (non-hydrogen) atoms. The molecule has 0 heterocycles. The van der Waals surface area contributed by atoms with Crippen LogP contribution in [0.2, 0.25) is 0 Å². The van der Waals surface area contributed by atoms with Crippen LogP contribution in [0.25, 0.3) is 0 Å². The van der Waals surface area contributed by atoms with Crippen LogP contribution in [0, 0.1) is 0 Å². The largest absolute Gasteiger partial charge is 0.490 e. The van der Waals surface area contributed by atoms with Crippen molar-refractivity contribution in [2.24, 2.45) is 121 Å². The maximum absolute atomic E-state index is 13.5. The highest BCUT2D eigenvalue weighted by molar-refractivity contribution is 5.91. The van der Waals surface area contributed by atoms with Gasteiger partial charge in [0.25, 0.3) is 0 Å². The lowest BCUT2D eigenvalue weighted by molar-refractivity contribution is -0.192. The average Bonchev–Trinajstić information content (AvgIpc) is 0.930. The number of carbonyl (C=O) groups is 14. The summed E-state index contributed by atoms with van der Waals surface area (Å²) in [4.78, 5) is 206. The van der Waals surface area contributed by atoms with Gasteiger partial charge < -0.3 is 160 Å². The molecule has 0 saturated heterocycles. The summed E-state index contributed by atoms with van der Waals surface area (Å²) >= 11 is 0. The molecule has 50 nitrogen and oxygen atoms in total. The number of rotatable bonds is 77. The molecule has 0 aromatic carbocycles. The first-order chi connectivity index (χ1) is 63.0. The molecular formula is C80H153F3N34O16. The molecule has 0 aliphatic carbocycles. The van der Waals surface area contributed by atoms with E-state index in [1.165, 1.54) is 0 Å². The number of aliphatic imine (C=N–C) groups is 7. The van der Waals surface area contributed by atoms with Crippen LogP contribution in [-0.2, 0) is 67.1 Å². The average molecular weight is 1900 g/mol. The highest BCUT2D eigenvalue weighted by atomic mass is 19.4. The predicted molar refractivity (Wildman–Crippen MR) is 499 cm³/mol. The van der Waals surface area contributed by atoms with Gasteiger partial charge in [-0.2, -0.15) is 13.2 Å². The summed E-state index contributed by atoms with van der Waals surface area (Å²) in [5, 5.41) is 50.3. The van der Waals surface area contributed by atoms with Gasteiger partial charge in [-0.3, -0.25) is 92.5 Å². The van der Waals surface area contributed by atoms with Crippen LogP contribution >= 0.6 is 0 Å². The smallest absolute Gasteiger partial charge is 0.480 e. The Morgan fingerprint density at radius 1 is 0.233 bits per heavy atom. The number of halogens is 3. The molecule has 0 rings (SSSR count). The van der Waals surface area contributed by atoms with E-state index in [0.717, 1.165) is 0 Å². The van der Waals surface area contributed by atoms with E-state index < -0.39 is 89.9 Å². The summed E-state index contributed by atoms with van der Waals surface area (Å²) in [6, 6.07) is -6.26. The van der Waals surface area contributed by atoms with Crippen molar-refractivity contribution in [2.45, 2.75) is 292 Å². The number of unbranched alkanes of at least 4 members (excludes halogenated alkanes) is 12. The van der Waals surface area contributed by atoms with Crippen molar-refractivity contribution in [3.8, 4) is 0 Å². The zero-order chi connectivity index (χ0) is 100. The number of nitrogens with two attached hydrogens (primary N) is 15. The van der Waals surface area contributed by atoms with Crippen LogP contribution in [0.5, 0.6) is 0 Å². The van der Waals surface area contributed by atoms with Gasteiger partial charge >= 0.3 is 18.1 Å². The lowest BCUT2D eigenvalue weighted by Crippen LogP contribution is -2.47. The van der Waals surface area contributed by atoms with E-state index in [1.54, 1.807) is 0 Å². The Bertz CT molecular complexity index is 3660. The Kier molecular flexibility index (Phi) is 70.7. The Hall–Kier alpha value is -12.8. The van der Waals surface area contributed by atoms with Gasteiger partial charge in [0.1, 0.15) is 36.3 Å². The molecule has 0 aromatic heterocycles. The molecule has 0 aliphatic rings. The summed E-state index contributed by atoms with van der Waals surface area (Å²) in [6.45, 7) is 3.34. The van der Waals surface area contributed by atoms with Gasteiger partial charge in [0, 0.05) is 124 Å². The van der Waals surface area contributed by atoms with Crippen molar-refractivity contribution in [3.63, 3.8) is 0 Å². The van der Waals surface area contributed by atoms with E-state index in [1.807, 2.05) is 0 Å². The summed E-state index contributed by atoms with van der Waals surface area (Å²) in [5.74, 6) is -9.21. The number of nitrogens with one attached hydrogen (secondary N) is 12. The lowest BCUT2D eigenvalue weighted by atomic mass is 10.1. The Morgan fingerprint density at radius 3 is 0.556 bits per heavy atom. The molecule has 760 valence electrons. The maximum atomic E-state index is 13.5. The number of carboxylic acids is 2. The number of amides is 12. The van der Waals surface area contributed by atoms with Gasteiger partial charge in [0.2, 0.25) is 70.9 Å². The second-order valence-corrected chi connectivity index (χ2v) is 31.2. The molecule has 0 unspecified atom stereocenters. The third-order valence-electron chi connectivity index (χ3n) is 19.4. The number of hydrogen-bond donors (Lipinski definition) is 29. The molecular weight excluding hydrogens is 1750 g/mol. The van der Waals surface area contributed by atoms with Crippen LogP contribution in [-0.4, -0.2) is 268 Å². The molecule has 12 amide bonds. The summed E-state index contributed by atoms with van der Waals surface area (Å²) < 4.78 is 31.7. The fraction of sp³-hybridized carbons (Fsp3) is 0.738. The van der Waals surface area contributed by atoms with Crippen molar-refractivity contribution in [2.75, 3.05) is 85.1 Å². The number of carboxylic acid groups (broad SMARTS) is 2. The van der Waals surface area contributed by atoms with Gasteiger partial charge in [0.15, 0.2) is 41.7 Å². The maximum Gasteiger partial charge on any atom is 0.490 e. The summed E-state index contributed by atoms with van der Waals surface area (Å²) in [5.41, 5.74) is 82.2. The number of aliphatic carboxylic acids is 2. The highest BCUT2D eigenvalue weighted by Crippen LogP contribution is 2.15. The standard InChI is InChI=1S/C78H152N34O14.C2HF3O2/c79-52(26-19-45-100-72(80)81)65(119)94-39-13-1-7-33-59(113)107-53(27-20-46-101-73(82)83)66(120)95-40-14-2-8-34-60(114)108-54(28-21-47-102-74(84)85)67(121)96-41-15-3-9-35-61(115)109-55(29-22-48-103-75(86)87)68(122)97-42-16-4-10-36-62(116)110-56(30-23-49-104-76(88)89)69(123)98-43-17-5-11-37-63(117)111-57(31-24-50-105-77(90)91)70(124)99-44-18-6-12-38-64(118)112-58(71(125)126)32-25-51-106-78(92)93;3-2(4,5)1(6)7/h52-58H,1-51,79H2,(H,94,119)(H,95,120)(H,96,121)(H,97,122)(H,98,123)(H,99,124)(H,107,113)(H,108,114)(H,109,115)(H,110,116)(H,111,117)(H,112,118)(H,125,126)(H4,80,81,100)(H4,82,83,101)(H4,84,85,102)(H4,86,87,103)(H4,88,89,104)(H4,90,91,105)(H4,92,93,106);(H,6,7)/t52-,53-,54-,55-,56-,57-,58-;/m0./s1. The third kappa shape index (κ3) is 74.6. The normalized spacial score (nSPS) is 12.3. The number of alkyl halides is 3. The molecule has 0 saturated carbocycles. The zero-order valence-electron chi connectivity index (χ0n) is 76.6. The molecule has 0 radical (unpaired) electrons. The minimum Gasteiger partial charge on any atom is -0.480 e. The highest BCUT2D eigenvalue weighted by Gasteiger charge is 2.38. The second kappa shape index (κ2) is 76.9. The number of hydrogen-bond acceptors (Lipinski definition) is 22. The monoisotopic (exact) mass is 1900 g/mol. The Labute approximate surface area is 774 Å². The van der Waals surface area contributed by atoms with Gasteiger partial charge in [-0.1, -0.05) is 38.5 Å². The number of nitrogens with zero attached hydrogens (tertiary/aromatic N) is 7. The quantitative estimate of drug-likeness (QED) is 0.0153. The molecule has 0 spiro atoms. The van der Waals surface area contributed by atoms with Crippen molar-refractivity contribution >= 4 is 125 Å². The molecule has 0 bridgehead atoms. The first kappa shape index (κ1) is 122. The first-order valence-electron chi connectivity index (χ1n) is 45.1. The SMILES string of the molecule is NC(N)=NCCC[C@H](NC(=O)CCCCCNC(=O)[C@H](CCCN=C(N)N)NC(=O)CCCCCNC(=O)[C@H](CCCN=C(N)N)NC(=O)CCCCCNC(=O)[C@H](CCCN=C(N)N)NC(=O)CCCCCNC(=O)[C@H](CCCN=C(N)N)NC(=O)CCCCCNC(=O)[C@H](CCCN=C(N)N)NC(=O)CCCCCNC(=O)[C@@H](N)CCCN=C(N)N)C(=O)O.O=C(O)C(F)(F)F. The minimum atomic E-state index is -5.08. The molecule has 0 aromatic rings. The number of guanidine groups is 7. The third-order valence-corrected chi connectivity index (χ3v) is 19.4. The van der Waals surface area contributed by atoms with Crippen molar-refractivity contribution in [1.82, 2.24) is 63.8 Å². The Morgan fingerprint density at radius 2 is 0.391 bits per heavy atom. The van der Waals surface area contributed by atoms with E-state index in [2.05, 4.69) is 98.7 Å². The molecule has 53 heteroatoms. The van der Waals surface area contributed by atoms with Crippen LogP contribution < -0.4 is 150 Å². The van der Waals surface area contributed by atoms with E-state index in [4.69, 9.17) is 95.9 Å². The Balaban J connectivity index is 0.